The fraction of sp³-hybridized carbons (Fsp3) is 0.238. The van der Waals surface area contributed by atoms with Gasteiger partial charge >= 0.3 is 0 Å². The summed E-state index contributed by atoms with van der Waals surface area (Å²) in [5.41, 5.74) is 1.72. The second kappa shape index (κ2) is 8.22. The van der Waals surface area contributed by atoms with Crippen molar-refractivity contribution in [2.24, 2.45) is 0 Å². The lowest BCUT2D eigenvalue weighted by Crippen LogP contribution is -2.50. The molecule has 0 unspecified atom stereocenters. The van der Waals surface area contributed by atoms with Crippen molar-refractivity contribution in [2.75, 3.05) is 26.2 Å². The minimum absolute atomic E-state index is 0.0103. The molecule has 1 aliphatic heterocycles. The first-order valence-corrected chi connectivity index (χ1v) is 11.5. The number of aromatic nitrogens is 1. The molecule has 0 spiro atoms. The second-order valence-corrected chi connectivity index (χ2v) is 9.76. The first-order chi connectivity index (χ1) is 13.9. The zero-order valence-electron chi connectivity index (χ0n) is 15.7. The molecule has 1 aliphatic rings. The number of benzene rings is 2. The average Bonchev–Trinajstić information content (AvgIpc) is 2.74. The summed E-state index contributed by atoms with van der Waals surface area (Å²) >= 11 is 3.32. The Morgan fingerprint density at radius 1 is 0.966 bits per heavy atom. The molecule has 3 aromatic rings. The second-order valence-electron chi connectivity index (χ2n) is 6.91. The van der Waals surface area contributed by atoms with Crippen LogP contribution in [0.2, 0.25) is 0 Å². The Morgan fingerprint density at radius 2 is 1.66 bits per heavy atom. The number of pyridine rings is 1. The van der Waals surface area contributed by atoms with Gasteiger partial charge in [0, 0.05) is 42.2 Å². The summed E-state index contributed by atoms with van der Waals surface area (Å²) < 4.78 is 27.9. The van der Waals surface area contributed by atoms with Crippen LogP contribution < -0.4 is 0 Å². The van der Waals surface area contributed by atoms with Crippen LogP contribution in [0.4, 0.5) is 0 Å². The average molecular weight is 474 g/mol. The highest BCUT2D eigenvalue weighted by molar-refractivity contribution is 9.10. The van der Waals surface area contributed by atoms with Crippen LogP contribution >= 0.6 is 15.9 Å². The lowest BCUT2D eigenvalue weighted by Gasteiger charge is -2.34. The zero-order chi connectivity index (χ0) is 20.4. The third-order valence-electron chi connectivity index (χ3n) is 5.10. The highest BCUT2D eigenvalue weighted by Crippen LogP contribution is 2.21. The normalized spacial score (nSPS) is 15.6. The monoisotopic (exact) mass is 473 g/mol. The molecule has 29 heavy (non-hydrogen) atoms. The third-order valence-corrected chi connectivity index (χ3v) is 7.54. The molecule has 0 saturated carbocycles. The molecule has 1 saturated heterocycles. The van der Waals surface area contributed by atoms with Crippen molar-refractivity contribution in [3.05, 3.63) is 70.8 Å². The number of amides is 1. The molecule has 0 atom stereocenters. The van der Waals surface area contributed by atoms with Gasteiger partial charge in [-0.3, -0.25) is 9.78 Å². The van der Waals surface area contributed by atoms with Crippen LogP contribution in [0.1, 0.15) is 5.56 Å². The molecule has 0 bridgehead atoms. The number of carbonyl (C=O) groups excluding carboxylic acids is 1. The highest BCUT2D eigenvalue weighted by Gasteiger charge is 2.30. The molecule has 0 N–H and O–H groups in total. The Labute approximate surface area is 178 Å². The summed E-state index contributed by atoms with van der Waals surface area (Å²) in [7, 11) is -3.55. The molecule has 6 nitrogen and oxygen atoms in total. The number of fused-ring (bicyclic) bond motifs is 1. The molecule has 0 aliphatic carbocycles. The molecule has 2 heterocycles. The topological polar surface area (TPSA) is 70.6 Å². The van der Waals surface area contributed by atoms with Gasteiger partial charge in [0.25, 0.3) is 0 Å². The van der Waals surface area contributed by atoms with E-state index in [2.05, 4.69) is 20.9 Å². The van der Waals surface area contributed by atoms with Crippen molar-refractivity contribution in [1.82, 2.24) is 14.2 Å². The maximum atomic E-state index is 12.8. The first kappa shape index (κ1) is 20.0. The van der Waals surface area contributed by atoms with E-state index in [9.17, 15) is 13.2 Å². The van der Waals surface area contributed by atoms with Crippen LogP contribution in [0.15, 0.2) is 70.2 Å². The number of sulfonamides is 1. The van der Waals surface area contributed by atoms with Crippen molar-refractivity contribution in [3.8, 4) is 0 Å². The summed E-state index contributed by atoms with van der Waals surface area (Å²) in [6.07, 6.45) is 1.98. The van der Waals surface area contributed by atoms with Crippen LogP contribution in [0, 0.1) is 0 Å². The van der Waals surface area contributed by atoms with E-state index in [1.54, 1.807) is 35.4 Å². The number of piperazine rings is 1. The smallest absolute Gasteiger partial charge is 0.243 e. The van der Waals surface area contributed by atoms with Crippen molar-refractivity contribution in [1.29, 1.82) is 0 Å². The lowest BCUT2D eigenvalue weighted by atomic mass is 10.1. The Morgan fingerprint density at radius 3 is 2.38 bits per heavy atom. The van der Waals surface area contributed by atoms with Gasteiger partial charge in [-0.15, -0.1) is 0 Å². The van der Waals surface area contributed by atoms with Gasteiger partial charge in [0.1, 0.15) is 0 Å². The molecular formula is C21H20BrN3O3S. The quantitative estimate of drug-likeness (QED) is 0.583. The lowest BCUT2D eigenvalue weighted by molar-refractivity contribution is -0.131. The van der Waals surface area contributed by atoms with Gasteiger partial charge in [0.15, 0.2) is 0 Å². The van der Waals surface area contributed by atoms with Crippen LogP contribution in [-0.4, -0.2) is 54.7 Å². The van der Waals surface area contributed by atoms with E-state index in [1.807, 2.05) is 30.3 Å². The largest absolute Gasteiger partial charge is 0.340 e. The summed E-state index contributed by atoms with van der Waals surface area (Å²) in [6.45, 7) is 1.34. The maximum absolute atomic E-state index is 12.8. The number of nitrogens with zero attached hydrogens (tertiary/aromatic N) is 3. The van der Waals surface area contributed by atoms with Crippen molar-refractivity contribution >= 4 is 42.8 Å². The van der Waals surface area contributed by atoms with E-state index in [0.29, 0.717) is 13.1 Å². The number of hydrogen-bond donors (Lipinski definition) is 0. The highest BCUT2D eigenvalue weighted by atomic mass is 79.9. The van der Waals surface area contributed by atoms with Crippen molar-refractivity contribution in [3.63, 3.8) is 0 Å². The first-order valence-electron chi connectivity index (χ1n) is 9.31. The van der Waals surface area contributed by atoms with Gasteiger partial charge in [0.2, 0.25) is 15.9 Å². The Balaban J connectivity index is 1.43. The van der Waals surface area contributed by atoms with E-state index < -0.39 is 10.0 Å². The van der Waals surface area contributed by atoms with Gasteiger partial charge in [-0.05, 0) is 35.9 Å². The fourth-order valence-corrected chi connectivity index (χ4v) is 5.20. The Hall–Kier alpha value is -2.29. The summed E-state index contributed by atoms with van der Waals surface area (Å²) in [6, 6.07) is 16.3. The van der Waals surface area contributed by atoms with E-state index in [0.717, 1.165) is 20.9 Å². The number of rotatable bonds is 4. The zero-order valence-corrected chi connectivity index (χ0v) is 18.1. The number of para-hydroxylation sites is 1. The SMILES string of the molecule is O=C(Cc1cccc2cccnc12)N1CCN(S(=O)(=O)c2ccc(Br)cc2)CC1. The van der Waals surface area contributed by atoms with Crippen molar-refractivity contribution in [2.45, 2.75) is 11.3 Å². The molecule has 0 radical (unpaired) electrons. The molecule has 4 rings (SSSR count). The molecule has 150 valence electrons. The van der Waals surface area contributed by atoms with Gasteiger partial charge in [-0.25, -0.2) is 8.42 Å². The number of hydrogen-bond acceptors (Lipinski definition) is 4. The minimum atomic E-state index is -3.55. The molecule has 1 amide bonds. The molecule has 1 aromatic heterocycles. The predicted octanol–water partition coefficient (Wildman–Crippen LogP) is 3.07. The minimum Gasteiger partial charge on any atom is -0.340 e. The number of halogens is 1. The molecule has 2 aromatic carbocycles. The van der Waals surface area contributed by atoms with Gasteiger partial charge in [-0.2, -0.15) is 4.31 Å². The summed E-state index contributed by atoms with van der Waals surface area (Å²) in [4.78, 5) is 19.2. The van der Waals surface area contributed by atoms with Crippen LogP contribution in [0.25, 0.3) is 10.9 Å². The van der Waals surface area contributed by atoms with E-state index in [-0.39, 0.29) is 30.3 Å². The Kier molecular flexibility index (Phi) is 5.67. The van der Waals surface area contributed by atoms with Crippen LogP contribution in [0.5, 0.6) is 0 Å². The number of carbonyl (C=O) groups is 1. The predicted molar refractivity (Wildman–Crippen MR) is 115 cm³/mol. The van der Waals surface area contributed by atoms with Gasteiger partial charge in [0.05, 0.1) is 16.8 Å². The van der Waals surface area contributed by atoms with Crippen LogP contribution in [-0.2, 0) is 21.2 Å². The van der Waals surface area contributed by atoms with Gasteiger partial charge in [-0.1, -0.05) is 40.2 Å². The molecule has 1 fully saturated rings. The van der Waals surface area contributed by atoms with Gasteiger partial charge < -0.3 is 4.90 Å². The van der Waals surface area contributed by atoms with E-state index in [4.69, 9.17) is 0 Å². The third kappa shape index (κ3) is 4.19. The standard InChI is InChI=1S/C21H20BrN3O3S/c22-18-6-8-19(9-7-18)29(27,28)25-13-11-24(12-14-25)20(26)15-17-4-1-3-16-5-2-10-23-21(16)17/h1-10H,11-15H2. The summed E-state index contributed by atoms with van der Waals surface area (Å²) in [5.74, 6) is -0.0103. The van der Waals surface area contributed by atoms with E-state index in [1.165, 1.54) is 4.31 Å². The molecular weight excluding hydrogens is 454 g/mol. The Bertz CT molecular complexity index is 1140. The molecule has 8 heteroatoms. The summed E-state index contributed by atoms with van der Waals surface area (Å²) in [5, 5.41) is 1.00. The van der Waals surface area contributed by atoms with Crippen molar-refractivity contribution < 1.29 is 13.2 Å². The van der Waals surface area contributed by atoms with Crippen LogP contribution in [0.3, 0.4) is 0 Å². The fourth-order valence-electron chi connectivity index (χ4n) is 3.52. The maximum Gasteiger partial charge on any atom is 0.243 e. The van der Waals surface area contributed by atoms with E-state index >= 15 is 0 Å².